The van der Waals surface area contributed by atoms with Crippen LogP contribution in [0.2, 0.25) is 5.02 Å². The monoisotopic (exact) mass is 257 g/mol. The van der Waals surface area contributed by atoms with E-state index in [-0.39, 0.29) is 13.2 Å². The Labute approximate surface area is 103 Å². The highest BCUT2D eigenvalue weighted by Gasteiger charge is 2.04. The summed E-state index contributed by atoms with van der Waals surface area (Å²) in [6, 6.07) is 6.58. The fourth-order valence-electron chi connectivity index (χ4n) is 0.961. The molecule has 0 aliphatic rings. The first-order valence-electron chi connectivity index (χ1n) is 4.76. The molecule has 7 heteroatoms. The number of ether oxygens (including phenoxy) is 1. The maximum Gasteiger partial charge on any atom is 0.258 e. The molecule has 0 fully saturated rings. The lowest BCUT2D eigenvalue weighted by molar-refractivity contribution is -0.127. The van der Waals surface area contributed by atoms with Crippen LogP contribution < -0.4 is 21.3 Å². The number of rotatable bonds is 5. The SMILES string of the molecule is NNC(=O)CNC(=O)COc1ccc(Cl)cc1. The minimum absolute atomic E-state index is 0.181. The summed E-state index contributed by atoms with van der Waals surface area (Å²) in [5.74, 6) is 4.47. The van der Waals surface area contributed by atoms with E-state index in [0.29, 0.717) is 10.8 Å². The molecule has 6 nitrogen and oxygen atoms in total. The van der Waals surface area contributed by atoms with Crippen LogP contribution in [0.15, 0.2) is 24.3 Å². The van der Waals surface area contributed by atoms with Crippen molar-refractivity contribution in [2.24, 2.45) is 5.84 Å². The van der Waals surface area contributed by atoms with E-state index in [0.717, 1.165) is 0 Å². The Balaban J connectivity index is 2.28. The molecule has 0 saturated heterocycles. The summed E-state index contributed by atoms with van der Waals surface area (Å²) in [5.41, 5.74) is 1.89. The summed E-state index contributed by atoms with van der Waals surface area (Å²) in [7, 11) is 0. The first-order chi connectivity index (χ1) is 8.11. The van der Waals surface area contributed by atoms with Gasteiger partial charge in [-0.3, -0.25) is 15.0 Å². The number of hydrazine groups is 1. The van der Waals surface area contributed by atoms with Crippen LogP contribution in [-0.2, 0) is 9.59 Å². The third kappa shape index (κ3) is 5.19. The Morgan fingerprint density at radius 1 is 1.24 bits per heavy atom. The lowest BCUT2D eigenvalue weighted by Crippen LogP contribution is -2.41. The maximum atomic E-state index is 11.2. The van der Waals surface area contributed by atoms with Gasteiger partial charge in [-0.25, -0.2) is 5.84 Å². The number of benzene rings is 1. The summed E-state index contributed by atoms with van der Waals surface area (Å²) in [4.78, 5) is 21.9. The highest BCUT2D eigenvalue weighted by molar-refractivity contribution is 6.30. The lowest BCUT2D eigenvalue weighted by Gasteiger charge is -2.06. The molecule has 1 rings (SSSR count). The van der Waals surface area contributed by atoms with Gasteiger partial charge in [0.25, 0.3) is 11.8 Å². The molecule has 0 bridgehead atoms. The minimum atomic E-state index is -0.482. The van der Waals surface area contributed by atoms with Crippen LogP contribution in [0.3, 0.4) is 0 Å². The van der Waals surface area contributed by atoms with Gasteiger partial charge in [0.15, 0.2) is 6.61 Å². The van der Waals surface area contributed by atoms with Crippen LogP contribution in [0.1, 0.15) is 0 Å². The first-order valence-corrected chi connectivity index (χ1v) is 5.14. The third-order valence-corrected chi connectivity index (χ3v) is 2.04. The Morgan fingerprint density at radius 2 is 1.88 bits per heavy atom. The number of carbonyl (C=O) groups excluding carboxylic acids is 2. The predicted molar refractivity (Wildman–Crippen MR) is 62.3 cm³/mol. The van der Waals surface area contributed by atoms with Gasteiger partial charge in [-0.1, -0.05) is 11.6 Å². The molecule has 0 saturated carbocycles. The highest BCUT2D eigenvalue weighted by atomic mass is 35.5. The largest absolute Gasteiger partial charge is 0.484 e. The van der Waals surface area contributed by atoms with Crippen molar-refractivity contribution in [3.05, 3.63) is 29.3 Å². The summed E-state index contributed by atoms with van der Waals surface area (Å²) in [5, 5.41) is 2.92. The Morgan fingerprint density at radius 3 is 2.47 bits per heavy atom. The van der Waals surface area contributed by atoms with Crippen LogP contribution >= 0.6 is 11.6 Å². The molecule has 1 aromatic rings. The van der Waals surface area contributed by atoms with E-state index in [1.54, 1.807) is 24.3 Å². The second-order valence-corrected chi connectivity index (χ2v) is 3.52. The molecule has 0 heterocycles. The summed E-state index contributed by atoms with van der Waals surface area (Å²) in [6.07, 6.45) is 0. The molecule has 0 aliphatic heterocycles. The maximum absolute atomic E-state index is 11.2. The van der Waals surface area contributed by atoms with Gasteiger partial charge in [0.2, 0.25) is 0 Å². The van der Waals surface area contributed by atoms with Crippen LogP contribution in [0.4, 0.5) is 0 Å². The Kier molecular flexibility index (Phi) is 5.25. The van der Waals surface area contributed by atoms with Crippen LogP contribution in [-0.4, -0.2) is 25.0 Å². The standard InChI is InChI=1S/C10H12ClN3O3/c11-7-1-3-8(4-2-7)17-6-10(16)13-5-9(15)14-12/h1-4H,5-6,12H2,(H,13,16)(H,14,15). The molecular weight excluding hydrogens is 246 g/mol. The minimum Gasteiger partial charge on any atom is -0.484 e. The smallest absolute Gasteiger partial charge is 0.258 e. The normalized spacial score (nSPS) is 9.53. The molecule has 0 unspecified atom stereocenters. The van der Waals surface area contributed by atoms with E-state index in [2.05, 4.69) is 5.32 Å². The van der Waals surface area contributed by atoms with Crippen molar-refractivity contribution in [1.82, 2.24) is 10.7 Å². The average molecular weight is 258 g/mol. The Bertz CT molecular complexity index is 394. The lowest BCUT2D eigenvalue weighted by atomic mass is 10.3. The van der Waals surface area contributed by atoms with E-state index in [1.807, 2.05) is 5.43 Å². The summed E-state index contributed by atoms with van der Waals surface area (Å²) in [6.45, 7) is -0.362. The number of nitrogens with one attached hydrogen (secondary N) is 2. The summed E-state index contributed by atoms with van der Waals surface area (Å²) >= 11 is 5.68. The number of nitrogens with two attached hydrogens (primary N) is 1. The zero-order valence-corrected chi connectivity index (χ0v) is 9.66. The van der Waals surface area contributed by atoms with Gasteiger partial charge in [0.1, 0.15) is 5.75 Å². The quantitative estimate of drug-likeness (QED) is 0.388. The van der Waals surface area contributed by atoms with E-state index in [4.69, 9.17) is 22.2 Å². The van der Waals surface area contributed by atoms with Crippen molar-refractivity contribution in [2.45, 2.75) is 0 Å². The van der Waals surface area contributed by atoms with Crippen molar-refractivity contribution in [2.75, 3.05) is 13.2 Å². The summed E-state index contributed by atoms with van der Waals surface area (Å²) < 4.78 is 5.16. The third-order valence-electron chi connectivity index (χ3n) is 1.79. The topological polar surface area (TPSA) is 93.5 Å². The van der Waals surface area contributed by atoms with Crippen molar-refractivity contribution >= 4 is 23.4 Å². The van der Waals surface area contributed by atoms with E-state index in [1.165, 1.54) is 0 Å². The van der Waals surface area contributed by atoms with Crippen molar-refractivity contribution in [1.29, 1.82) is 0 Å². The van der Waals surface area contributed by atoms with Gasteiger partial charge in [-0.2, -0.15) is 0 Å². The molecule has 2 amide bonds. The van der Waals surface area contributed by atoms with Gasteiger partial charge in [-0.15, -0.1) is 0 Å². The number of hydrogen-bond donors (Lipinski definition) is 3. The molecule has 0 radical (unpaired) electrons. The second-order valence-electron chi connectivity index (χ2n) is 3.09. The Hall–Kier alpha value is -1.79. The van der Waals surface area contributed by atoms with Crippen LogP contribution in [0.25, 0.3) is 0 Å². The van der Waals surface area contributed by atoms with Crippen molar-refractivity contribution < 1.29 is 14.3 Å². The average Bonchev–Trinajstić information content (AvgIpc) is 2.35. The molecule has 0 aliphatic carbocycles. The zero-order valence-electron chi connectivity index (χ0n) is 8.90. The van der Waals surface area contributed by atoms with Gasteiger partial charge < -0.3 is 10.1 Å². The molecule has 1 aromatic carbocycles. The zero-order chi connectivity index (χ0) is 12.7. The van der Waals surface area contributed by atoms with E-state index < -0.39 is 11.8 Å². The van der Waals surface area contributed by atoms with Gasteiger partial charge in [-0.05, 0) is 24.3 Å². The van der Waals surface area contributed by atoms with Crippen LogP contribution in [0, 0.1) is 0 Å². The van der Waals surface area contributed by atoms with E-state index in [9.17, 15) is 9.59 Å². The van der Waals surface area contributed by atoms with Gasteiger partial charge in [0.05, 0.1) is 6.54 Å². The first kappa shape index (κ1) is 13.3. The fourth-order valence-corrected chi connectivity index (χ4v) is 1.09. The highest BCUT2D eigenvalue weighted by Crippen LogP contribution is 2.15. The van der Waals surface area contributed by atoms with Crippen LogP contribution in [0.5, 0.6) is 5.75 Å². The number of carbonyl (C=O) groups is 2. The second kappa shape index (κ2) is 6.72. The molecule has 4 N–H and O–H groups in total. The van der Waals surface area contributed by atoms with Gasteiger partial charge in [0, 0.05) is 5.02 Å². The number of halogens is 1. The number of hydrogen-bond acceptors (Lipinski definition) is 4. The predicted octanol–water partition coefficient (Wildman–Crippen LogP) is -0.175. The van der Waals surface area contributed by atoms with E-state index >= 15 is 0 Å². The fraction of sp³-hybridized carbons (Fsp3) is 0.200. The molecule has 92 valence electrons. The molecule has 0 spiro atoms. The van der Waals surface area contributed by atoms with Crippen molar-refractivity contribution in [3.8, 4) is 5.75 Å². The molecular formula is C10H12ClN3O3. The molecule has 0 aromatic heterocycles. The van der Waals surface area contributed by atoms with Crippen molar-refractivity contribution in [3.63, 3.8) is 0 Å². The number of amides is 2. The molecule has 0 atom stereocenters. The molecule has 17 heavy (non-hydrogen) atoms. The van der Waals surface area contributed by atoms with Gasteiger partial charge >= 0.3 is 0 Å².